The third-order valence-corrected chi connectivity index (χ3v) is 2.25. The van der Waals surface area contributed by atoms with Gasteiger partial charge in [-0.25, -0.2) is 0 Å². The molecule has 3 N–H and O–H groups in total. The first kappa shape index (κ1) is 20.0. The predicted octanol–water partition coefficient (Wildman–Crippen LogP) is -0.499. The lowest BCUT2D eigenvalue weighted by Crippen LogP contribution is -3.00. The molecule has 0 unspecified atom stereocenters. The fraction of sp³-hybridized carbons (Fsp3) is 1.00. The Bertz CT molecular complexity index is 113. The second-order valence-electron chi connectivity index (χ2n) is 3.06. The molecule has 1 nitrogen and oxygen atoms in total. The molecule has 0 heterocycles. The minimum Gasteiger partial charge on any atom is -1.00 e. The maximum Gasteiger partial charge on any atom is 0.673 e. The van der Waals surface area contributed by atoms with Gasteiger partial charge in [0.25, 0.3) is 0 Å². The van der Waals surface area contributed by atoms with E-state index in [-0.39, 0.29) is 24.0 Å². The third kappa shape index (κ3) is 18.3. The Balaban J connectivity index is -0.000000177. The van der Waals surface area contributed by atoms with Gasteiger partial charge in [-0.15, -0.1) is 0 Å². The molecule has 0 fully saturated rings. The topological polar surface area (TPSA) is 27.6 Å². The molecular weight excluding hydrogens is 312 g/mol. The van der Waals surface area contributed by atoms with Crippen LogP contribution in [0.4, 0.5) is 17.3 Å². The maximum absolute atomic E-state index is 9.75. The molecule has 0 rings (SSSR count). The van der Waals surface area contributed by atoms with Crippen LogP contribution in [0.1, 0.15) is 40.0 Å². The highest BCUT2D eigenvalue weighted by Crippen LogP contribution is 2.11. The first-order chi connectivity index (χ1) is 5.68. The van der Waals surface area contributed by atoms with E-state index >= 15 is 0 Å². The van der Waals surface area contributed by atoms with Crippen LogP contribution in [-0.4, -0.2) is 12.8 Å². The molecule has 0 aromatic heterocycles. The van der Waals surface area contributed by atoms with Crippen LogP contribution in [0.3, 0.4) is 0 Å². The SMILES string of the molecule is CCC([NH3+])(CC)CC.F[B-](F)(F)F.[I-]. The van der Waals surface area contributed by atoms with E-state index in [2.05, 4.69) is 26.5 Å². The van der Waals surface area contributed by atoms with Crippen molar-refractivity contribution in [3.63, 3.8) is 0 Å². The van der Waals surface area contributed by atoms with E-state index in [9.17, 15) is 17.3 Å². The van der Waals surface area contributed by atoms with E-state index in [1.54, 1.807) is 0 Å². The van der Waals surface area contributed by atoms with Crippen LogP contribution in [0.2, 0.25) is 0 Å². The minimum atomic E-state index is -6.00. The van der Waals surface area contributed by atoms with E-state index in [1.165, 1.54) is 19.3 Å². The lowest BCUT2D eigenvalue weighted by atomic mass is 9.92. The summed E-state index contributed by atoms with van der Waals surface area (Å²) in [7, 11) is -6.00. The zero-order valence-electron chi connectivity index (χ0n) is 8.80. The number of hydrogen-bond acceptors (Lipinski definition) is 0. The Morgan fingerprint density at radius 3 is 1.07 bits per heavy atom. The largest absolute Gasteiger partial charge is 1.00 e. The number of hydrogen-bond donors (Lipinski definition) is 1. The van der Waals surface area contributed by atoms with Gasteiger partial charge < -0.3 is 47.0 Å². The van der Waals surface area contributed by atoms with Crippen molar-refractivity contribution in [3.8, 4) is 0 Å². The molecule has 0 saturated carbocycles. The summed E-state index contributed by atoms with van der Waals surface area (Å²) < 4.78 is 39.0. The number of quaternary nitrogens is 1. The first-order valence-electron chi connectivity index (χ1n) is 4.41. The highest BCUT2D eigenvalue weighted by Gasteiger charge is 2.21. The maximum atomic E-state index is 9.75. The monoisotopic (exact) mass is 330 g/mol. The summed E-state index contributed by atoms with van der Waals surface area (Å²) in [6.07, 6.45) is 3.63. The number of halogens is 5. The van der Waals surface area contributed by atoms with Crippen molar-refractivity contribution in [2.24, 2.45) is 0 Å². The second kappa shape index (κ2) is 8.76. The van der Waals surface area contributed by atoms with Gasteiger partial charge in [0.05, 0.1) is 5.54 Å². The van der Waals surface area contributed by atoms with Crippen LogP contribution >= 0.6 is 0 Å². The van der Waals surface area contributed by atoms with Gasteiger partial charge in [0.15, 0.2) is 0 Å². The molecule has 0 aromatic rings. The van der Waals surface area contributed by atoms with Crippen molar-refractivity contribution < 1.29 is 47.0 Å². The Labute approximate surface area is 99.9 Å². The molecule has 0 atom stereocenters. The molecule has 0 amide bonds. The van der Waals surface area contributed by atoms with E-state index in [4.69, 9.17) is 0 Å². The molecule has 0 radical (unpaired) electrons. The fourth-order valence-corrected chi connectivity index (χ4v) is 0.750. The normalized spacial score (nSPS) is 11.1. The predicted molar refractivity (Wildman–Crippen MR) is 46.7 cm³/mol. The summed E-state index contributed by atoms with van der Waals surface area (Å²) in [4.78, 5) is 0. The molecule has 0 bridgehead atoms. The van der Waals surface area contributed by atoms with E-state index in [0.717, 1.165) is 0 Å². The van der Waals surface area contributed by atoms with Crippen molar-refractivity contribution >= 4 is 7.25 Å². The molecule has 0 saturated heterocycles. The molecule has 90 valence electrons. The van der Waals surface area contributed by atoms with Crippen LogP contribution in [0.5, 0.6) is 0 Å². The average molecular weight is 330 g/mol. The molecular formula is C7H18BF4IN-. The zero-order valence-corrected chi connectivity index (χ0v) is 11.0. The highest BCUT2D eigenvalue weighted by molar-refractivity contribution is 6.50. The second-order valence-corrected chi connectivity index (χ2v) is 3.06. The molecule has 7 heteroatoms. The van der Waals surface area contributed by atoms with Gasteiger partial charge in [-0.1, -0.05) is 20.8 Å². The van der Waals surface area contributed by atoms with Crippen molar-refractivity contribution in [3.05, 3.63) is 0 Å². The van der Waals surface area contributed by atoms with Gasteiger partial charge in [0.1, 0.15) is 0 Å². The average Bonchev–Trinajstić information content (AvgIpc) is 2.00. The standard InChI is InChI=1S/C7H17N.BF4.HI/c1-4-7(8,5-2)6-3;2-1(3,4)5;/h4-6,8H2,1-3H3;;1H/q;-1;. The molecule has 0 aliphatic carbocycles. The summed E-state index contributed by atoms with van der Waals surface area (Å²) in [6, 6.07) is 0. The molecule has 0 spiro atoms. The van der Waals surface area contributed by atoms with Crippen molar-refractivity contribution in [1.29, 1.82) is 0 Å². The Kier molecular flexibility index (Phi) is 12.5. The Morgan fingerprint density at radius 2 is 1.07 bits per heavy atom. The summed E-state index contributed by atoms with van der Waals surface area (Å²) >= 11 is 0. The minimum absolute atomic E-state index is 0. The smallest absolute Gasteiger partial charge is 0.673 e. The van der Waals surface area contributed by atoms with Crippen molar-refractivity contribution in [2.45, 2.75) is 45.6 Å². The van der Waals surface area contributed by atoms with E-state index in [0.29, 0.717) is 5.54 Å². The Morgan fingerprint density at radius 1 is 0.929 bits per heavy atom. The van der Waals surface area contributed by atoms with Crippen molar-refractivity contribution in [2.75, 3.05) is 0 Å². The summed E-state index contributed by atoms with van der Waals surface area (Å²) in [5, 5.41) is 0. The molecule has 0 aliphatic rings. The van der Waals surface area contributed by atoms with Gasteiger partial charge >= 0.3 is 7.25 Å². The van der Waals surface area contributed by atoms with E-state index in [1.807, 2.05) is 0 Å². The van der Waals surface area contributed by atoms with E-state index < -0.39 is 7.25 Å². The molecule has 0 aliphatic heterocycles. The highest BCUT2D eigenvalue weighted by atomic mass is 127. The Hall–Kier alpha value is 0.475. The van der Waals surface area contributed by atoms with Crippen LogP contribution in [0, 0.1) is 0 Å². The van der Waals surface area contributed by atoms with Gasteiger partial charge in [-0.05, 0) is 19.3 Å². The fourth-order valence-electron chi connectivity index (χ4n) is 0.750. The molecule has 0 aromatic carbocycles. The lowest BCUT2D eigenvalue weighted by Gasteiger charge is -2.19. The number of rotatable bonds is 3. The van der Waals surface area contributed by atoms with Crippen LogP contribution in [0.25, 0.3) is 0 Å². The third-order valence-electron chi connectivity index (χ3n) is 2.25. The molecule has 14 heavy (non-hydrogen) atoms. The van der Waals surface area contributed by atoms with Gasteiger partial charge in [0, 0.05) is 0 Å². The van der Waals surface area contributed by atoms with Crippen molar-refractivity contribution in [1.82, 2.24) is 0 Å². The van der Waals surface area contributed by atoms with Gasteiger partial charge in [-0.2, -0.15) is 0 Å². The zero-order chi connectivity index (χ0) is 11.1. The quantitative estimate of drug-likeness (QED) is 0.411. The summed E-state index contributed by atoms with van der Waals surface area (Å²) in [6.45, 7) is 6.62. The van der Waals surface area contributed by atoms with Gasteiger partial charge in [-0.3, -0.25) is 0 Å². The van der Waals surface area contributed by atoms with Gasteiger partial charge in [0.2, 0.25) is 0 Å². The van der Waals surface area contributed by atoms with Crippen LogP contribution in [0.15, 0.2) is 0 Å². The van der Waals surface area contributed by atoms with Crippen LogP contribution < -0.4 is 29.7 Å². The summed E-state index contributed by atoms with van der Waals surface area (Å²) in [5.74, 6) is 0. The summed E-state index contributed by atoms with van der Waals surface area (Å²) in [5.41, 5.74) is 4.50. The first-order valence-corrected chi connectivity index (χ1v) is 4.41. The van der Waals surface area contributed by atoms with Crippen LogP contribution in [-0.2, 0) is 0 Å². The lowest BCUT2D eigenvalue weighted by molar-refractivity contribution is -0.480.